The molecule has 1 amide bonds. The van der Waals surface area contributed by atoms with Crippen molar-refractivity contribution in [1.29, 1.82) is 0 Å². The smallest absolute Gasteiger partial charge is 0.271 e. The lowest BCUT2D eigenvalue weighted by atomic mass is 10.1. The first kappa shape index (κ1) is 22.3. The Morgan fingerprint density at radius 2 is 2.00 bits per heavy atom. The van der Waals surface area contributed by atoms with Crippen LogP contribution >= 0.6 is 11.6 Å². The number of nitrogens with zero attached hydrogens (tertiary/aromatic N) is 3. The highest BCUT2D eigenvalue weighted by molar-refractivity contribution is 6.32. The molecular weight excluding hydrogens is 420 g/mol. The van der Waals surface area contributed by atoms with Crippen LogP contribution in [0.15, 0.2) is 48.7 Å². The second kappa shape index (κ2) is 9.61. The Labute approximate surface area is 184 Å². The fourth-order valence-corrected chi connectivity index (χ4v) is 3.43. The molecule has 31 heavy (non-hydrogen) atoms. The van der Waals surface area contributed by atoms with Crippen LogP contribution in [0.2, 0.25) is 5.02 Å². The molecule has 8 nitrogen and oxygen atoms in total. The van der Waals surface area contributed by atoms with E-state index in [1.807, 2.05) is 25.5 Å². The van der Waals surface area contributed by atoms with Gasteiger partial charge in [-0.05, 0) is 44.5 Å². The first-order chi connectivity index (χ1) is 14.8. The number of aryl methyl sites for hydroxylation is 1. The Balaban J connectivity index is 1.60. The van der Waals surface area contributed by atoms with Gasteiger partial charge in [0, 0.05) is 35.5 Å². The van der Waals surface area contributed by atoms with Gasteiger partial charge in [0.15, 0.2) is 0 Å². The molecule has 1 N–H and O–H groups in total. The minimum Gasteiger partial charge on any atom is -0.487 e. The van der Waals surface area contributed by atoms with Gasteiger partial charge in [-0.15, -0.1) is 0 Å². The summed E-state index contributed by atoms with van der Waals surface area (Å²) < 4.78 is 7.53. The monoisotopic (exact) mass is 442 g/mol. The van der Waals surface area contributed by atoms with E-state index in [0.29, 0.717) is 11.3 Å². The Morgan fingerprint density at radius 3 is 2.58 bits per heavy atom. The predicted octanol–water partition coefficient (Wildman–Crippen LogP) is 4.84. The maximum absolute atomic E-state index is 12.6. The van der Waals surface area contributed by atoms with Gasteiger partial charge in [-0.3, -0.25) is 19.6 Å². The number of hydrogen-bond acceptors (Lipinski definition) is 5. The first-order valence-corrected chi connectivity index (χ1v) is 10.2. The lowest BCUT2D eigenvalue weighted by Crippen LogP contribution is -2.27. The van der Waals surface area contributed by atoms with Crippen LogP contribution in [0.5, 0.6) is 5.75 Å². The number of carbonyl (C=O) groups is 1. The summed E-state index contributed by atoms with van der Waals surface area (Å²) in [6.07, 6.45) is 1.79. The summed E-state index contributed by atoms with van der Waals surface area (Å²) in [6, 6.07) is 10.9. The molecule has 0 fully saturated rings. The van der Waals surface area contributed by atoms with E-state index < -0.39 is 4.92 Å². The van der Waals surface area contributed by atoms with Crippen molar-refractivity contribution in [1.82, 2.24) is 15.1 Å². The number of carbonyl (C=O) groups excluding carboxylic acids is 1. The summed E-state index contributed by atoms with van der Waals surface area (Å²) in [7, 11) is 0. The highest BCUT2D eigenvalue weighted by Crippen LogP contribution is 2.29. The van der Waals surface area contributed by atoms with Crippen LogP contribution in [0, 0.1) is 17.0 Å². The number of nitro benzene ring substituents is 1. The second-order valence-electron chi connectivity index (χ2n) is 7.05. The Bertz CT molecular complexity index is 1100. The summed E-state index contributed by atoms with van der Waals surface area (Å²) in [5.41, 5.74) is 3.29. The van der Waals surface area contributed by atoms with E-state index in [1.54, 1.807) is 30.5 Å². The Kier molecular flexibility index (Phi) is 6.91. The number of benzene rings is 2. The van der Waals surface area contributed by atoms with Gasteiger partial charge in [0.05, 0.1) is 22.2 Å². The van der Waals surface area contributed by atoms with Crippen molar-refractivity contribution in [3.8, 4) is 5.75 Å². The SMILES string of the molecule is CCn1ncc(C(C)NC(=O)c2ccc(COc3ccc([N+](=O)[O-])cc3Cl)cc2)c1C. The number of rotatable bonds is 8. The molecule has 1 heterocycles. The number of hydrogen-bond donors (Lipinski definition) is 1. The van der Waals surface area contributed by atoms with Crippen LogP contribution in [0.3, 0.4) is 0 Å². The fourth-order valence-electron chi connectivity index (χ4n) is 3.20. The van der Waals surface area contributed by atoms with Gasteiger partial charge < -0.3 is 10.1 Å². The molecular formula is C22H23ClN4O4. The molecule has 0 saturated heterocycles. The third-order valence-corrected chi connectivity index (χ3v) is 5.29. The van der Waals surface area contributed by atoms with Gasteiger partial charge in [0.1, 0.15) is 12.4 Å². The molecule has 0 aliphatic rings. The second-order valence-corrected chi connectivity index (χ2v) is 7.46. The zero-order chi connectivity index (χ0) is 22.5. The van der Waals surface area contributed by atoms with Gasteiger partial charge in [-0.1, -0.05) is 23.7 Å². The zero-order valence-corrected chi connectivity index (χ0v) is 18.2. The molecule has 3 rings (SSSR count). The van der Waals surface area contributed by atoms with E-state index >= 15 is 0 Å². The summed E-state index contributed by atoms with van der Waals surface area (Å²) >= 11 is 6.04. The summed E-state index contributed by atoms with van der Waals surface area (Å²) in [5, 5.41) is 18.3. The molecule has 3 aromatic rings. The number of amides is 1. The minimum atomic E-state index is -0.516. The van der Waals surface area contributed by atoms with Crippen molar-refractivity contribution in [2.45, 2.75) is 40.0 Å². The number of halogens is 1. The summed E-state index contributed by atoms with van der Waals surface area (Å²) in [5.74, 6) is 0.174. The largest absolute Gasteiger partial charge is 0.487 e. The Hall–Kier alpha value is -3.39. The molecule has 1 aromatic heterocycles. The summed E-state index contributed by atoms with van der Waals surface area (Å²) in [6.45, 7) is 6.93. The minimum absolute atomic E-state index is 0.0980. The maximum Gasteiger partial charge on any atom is 0.271 e. The third-order valence-electron chi connectivity index (χ3n) is 4.99. The highest BCUT2D eigenvalue weighted by Gasteiger charge is 2.16. The van der Waals surface area contributed by atoms with E-state index in [1.165, 1.54) is 18.2 Å². The van der Waals surface area contributed by atoms with Crippen LogP contribution in [-0.4, -0.2) is 20.6 Å². The number of aromatic nitrogens is 2. The van der Waals surface area contributed by atoms with Gasteiger partial charge in [0.2, 0.25) is 0 Å². The topological polar surface area (TPSA) is 99.3 Å². The molecule has 9 heteroatoms. The number of ether oxygens (including phenoxy) is 1. The van der Waals surface area contributed by atoms with Crippen LogP contribution in [0.25, 0.3) is 0 Å². The van der Waals surface area contributed by atoms with Crippen molar-refractivity contribution in [2.75, 3.05) is 0 Å². The van der Waals surface area contributed by atoms with E-state index in [2.05, 4.69) is 10.4 Å². The zero-order valence-electron chi connectivity index (χ0n) is 17.5. The molecule has 162 valence electrons. The number of nitro groups is 1. The van der Waals surface area contributed by atoms with Gasteiger partial charge in [-0.25, -0.2) is 0 Å². The molecule has 0 spiro atoms. The lowest BCUT2D eigenvalue weighted by molar-refractivity contribution is -0.384. The van der Waals surface area contributed by atoms with E-state index in [0.717, 1.165) is 23.4 Å². The van der Waals surface area contributed by atoms with Gasteiger partial charge >= 0.3 is 0 Å². The standard InChI is InChI=1S/C22H23ClN4O4/c1-4-26-15(3)19(12-24-26)14(2)25-22(28)17-7-5-16(6-8-17)13-31-21-10-9-18(27(29)30)11-20(21)23/h5-12,14H,4,13H2,1-3H3,(H,25,28). The van der Waals surface area contributed by atoms with Gasteiger partial charge in [-0.2, -0.15) is 5.10 Å². The average Bonchev–Trinajstić information content (AvgIpc) is 3.13. The molecule has 1 unspecified atom stereocenters. The third kappa shape index (κ3) is 5.21. The van der Waals surface area contributed by atoms with Crippen molar-refractivity contribution in [3.05, 3.63) is 86.2 Å². The molecule has 2 aromatic carbocycles. The first-order valence-electron chi connectivity index (χ1n) is 9.79. The predicted molar refractivity (Wildman–Crippen MR) is 117 cm³/mol. The fraction of sp³-hybridized carbons (Fsp3) is 0.273. The summed E-state index contributed by atoms with van der Waals surface area (Å²) in [4.78, 5) is 22.9. The normalized spacial score (nSPS) is 11.7. The molecule has 0 bridgehead atoms. The molecule has 1 atom stereocenters. The molecule has 0 aliphatic heterocycles. The number of nitrogens with one attached hydrogen (secondary N) is 1. The molecule has 0 saturated carbocycles. The average molecular weight is 443 g/mol. The quantitative estimate of drug-likeness (QED) is 0.397. The van der Waals surface area contributed by atoms with Crippen molar-refractivity contribution < 1.29 is 14.5 Å². The van der Waals surface area contributed by atoms with E-state index in [4.69, 9.17) is 16.3 Å². The van der Waals surface area contributed by atoms with Crippen LogP contribution < -0.4 is 10.1 Å². The van der Waals surface area contributed by atoms with Crippen molar-refractivity contribution in [3.63, 3.8) is 0 Å². The molecule has 0 radical (unpaired) electrons. The Morgan fingerprint density at radius 1 is 1.29 bits per heavy atom. The van der Waals surface area contributed by atoms with Crippen LogP contribution in [-0.2, 0) is 13.2 Å². The maximum atomic E-state index is 12.6. The van der Waals surface area contributed by atoms with Gasteiger partial charge in [0.25, 0.3) is 11.6 Å². The van der Waals surface area contributed by atoms with Crippen molar-refractivity contribution >= 4 is 23.2 Å². The van der Waals surface area contributed by atoms with Crippen molar-refractivity contribution in [2.24, 2.45) is 0 Å². The van der Waals surface area contributed by atoms with E-state index in [-0.39, 0.29) is 29.3 Å². The molecule has 0 aliphatic carbocycles. The van der Waals surface area contributed by atoms with Crippen LogP contribution in [0.1, 0.15) is 47.1 Å². The van der Waals surface area contributed by atoms with E-state index in [9.17, 15) is 14.9 Å². The van der Waals surface area contributed by atoms with Crippen LogP contribution in [0.4, 0.5) is 5.69 Å². The number of non-ortho nitro benzene ring substituents is 1. The highest BCUT2D eigenvalue weighted by atomic mass is 35.5. The lowest BCUT2D eigenvalue weighted by Gasteiger charge is -2.14.